The minimum absolute atomic E-state index is 0.0697. The molecule has 0 bridgehead atoms. The van der Waals surface area contributed by atoms with Gasteiger partial charge in [0.1, 0.15) is 5.75 Å². The Balaban J connectivity index is 1.61. The Morgan fingerprint density at radius 3 is 2.62 bits per heavy atom. The normalized spacial score (nSPS) is 15.6. The van der Waals surface area contributed by atoms with E-state index in [4.69, 9.17) is 4.74 Å². The molecule has 2 aromatic carbocycles. The van der Waals surface area contributed by atoms with E-state index in [-0.39, 0.29) is 28.7 Å². The van der Waals surface area contributed by atoms with Crippen molar-refractivity contribution in [3.63, 3.8) is 0 Å². The van der Waals surface area contributed by atoms with Gasteiger partial charge in [0.15, 0.2) is 0 Å². The molecule has 3 aromatic rings. The number of halogens is 3. The van der Waals surface area contributed by atoms with Crippen molar-refractivity contribution in [3.8, 4) is 11.4 Å². The molecule has 0 radical (unpaired) electrons. The van der Waals surface area contributed by atoms with E-state index in [1.807, 2.05) is 18.2 Å². The summed E-state index contributed by atoms with van der Waals surface area (Å²) < 4.78 is 46.1. The molecule has 1 N–H and O–H groups in total. The molecule has 0 saturated heterocycles. The molecule has 9 heteroatoms. The SMILES string of the molecule is Cc1nn(-c2cccc(C(F)(F)F)c2)c(C)c1C(=O)C(=O)NC1CCOc2ccccc21. The first-order valence-corrected chi connectivity index (χ1v) is 9.97. The van der Waals surface area contributed by atoms with Crippen LogP contribution in [0, 0.1) is 13.8 Å². The van der Waals surface area contributed by atoms with Gasteiger partial charge in [0.25, 0.3) is 11.7 Å². The van der Waals surface area contributed by atoms with Gasteiger partial charge in [-0.2, -0.15) is 18.3 Å². The topological polar surface area (TPSA) is 73.2 Å². The molecule has 1 atom stereocenters. The molecule has 1 unspecified atom stereocenters. The largest absolute Gasteiger partial charge is 0.493 e. The monoisotopic (exact) mass is 443 g/mol. The van der Waals surface area contributed by atoms with E-state index in [9.17, 15) is 22.8 Å². The van der Waals surface area contributed by atoms with E-state index >= 15 is 0 Å². The molecule has 6 nitrogen and oxygen atoms in total. The number of fused-ring (bicyclic) bond motifs is 1. The highest BCUT2D eigenvalue weighted by Crippen LogP contribution is 2.32. The fourth-order valence-electron chi connectivity index (χ4n) is 3.87. The number of hydrogen-bond acceptors (Lipinski definition) is 4. The van der Waals surface area contributed by atoms with Crippen molar-refractivity contribution < 1.29 is 27.5 Å². The Morgan fingerprint density at radius 2 is 1.88 bits per heavy atom. The first-order chi connectivity index (χ1) is 15.2. The van der Waals surface area contributed by atoms with E-state index < -0.39 is 23.4 Å². The molecule has 2 heterocycles. The van der Waals surface area contributed by atoms with Gasteiger partial charge in [-0.05, 0) is 38.1 Å². The Kier molecular flexibility index (Phi) is 5.50. The fraction of sp³-hybridized carbons (Fsp3) is 0.261. The summed E-state index contributed by atoms with van der Waals surface area (Å²) in [7, 11) is 0. The summed E-state index contributed by atoms with van der Waals surface area (Å²) in [5.74, 6) is -0.940. The predicted molar refractivity (Wildman–Crippen MR) is 110 cm³/mol. The highest BCUT2D eigenvalue weighted by Gasteiger charge is 2.32. The van der Waals surface area contributed by atoms with Crippen molar-refractivity contribution in [1.29, 1.82) is 0 Å². The number of aryl methyl sites for hydroxylation is 1. The molecule has 0 spiro atoms. The summed E-state index contributed by atoms with van der Waals surface area (Å²) in [6.45, 7) is 3.49. The van der Waals surface area contributed by atoms with Crippen LogP contribution in [0.1, 0.15) is 45.3 Å². The Morgan fingerprint density at radius 1 is 1.12 bits per heavy atom. The van der Waals surface area contributed by atoms with Gasteiger partial charge >= 0.3 is 6.18 Å². The van der Waals surface area contributed by atoms with Gasteiger partial charge in [0.05, 0.1) is 40.9 Å². The lowest BCUT2D eigenvalue weighted by molar-refractivity contribution is -0.137. The third kappa shape index (κ3) is 3.98. The number of ether oxygens (including phenoxy) is 1. The molecular weight excluding hydrogens is 423 g/mol. The van der Waals surface area contributed by atoms with Crippen LogP contribution in [0.25, 0.3) is 5.69 Å². The Bertz CT molecular complexity index is 1200. The first-order valence-electron chi connectivity index (χ1n) is 9.97. The van der Waals surface area contributed by atoms with Crippen LogP contribution in [0.4, 0.5) is 13.2 Å². The van der Waals surface area contributed by atoms with E-state index in [0.29, 0.717) is 18.8 Å². The van der Waals surface area contributed by atoms with Crippen LogP contribution < -0.4 is 10.1 Å². The number of carbonyl (C=O) groups excluding carboxylic acids is 2. The molecule has 1 aromatic heterocycles. The number of nitrogens with zero attached hydrogens (tertiary/aromatic N) is 2. The molecule has 4 rings (SSSR count). The van der Waals surface area contributed by atoms with E-state index in [1.165, 1.54) is 16.8 Å². The molecule has 1 aliphatic heterocycles. The molecule has 1 amide bonds. The van der Waals surface area contributed by atoms with Crippen LogP contribution in [0.2, 0.25) is 0 Å². The van der Waals surface area contributed by atoms with Gasteiger partial charge in [0.2, 0.25) is 0 Å². The van der Waals surface area contributed by atoms with Crippen molar-refractivity contribution in [2.24, 2.45) is 0 Å². The molecule has 0 fully saturated rings. The maximum atomic E-state index is 13.1. The van der Waals surface area contributed by atoms with E-state index in [2.05, 4.69) is 10.4 Å². The zero-order chi connectivity index (χ0) is 23.0. The number of hydrogen-bond donors (Lipinski definition) is 1. The zero-order valence-corrected chi connectivity index (χ0v) is 17.4. The number of ketones is 1. The molecule has 0 aliphatic carbocycles. The summed E-state index contributed by atoms with van der Waals surface area (Å²) in [4.78, 5) is 25.7. The maximum absolute atomic E-state index is 13.1. The van der Waals surface area contributed by atoms with Crippen molar-refractivity contribution in [2.75, 3.05) is 6.61 Å². The lowest BCUT2D eigenvalue weighted by atomic mass is 10.00. The van der Waals surface area contributed by atoms with Crippen LogP contribution in [0.5, 0.6) is 5.75 Å². The lowest BCUT2D eigenvalue weighted by Gasteiger charge is -2.26. The minimum atomic E-state index is -4.51. The number of Topliss-reactive ketones (excluding diaryl/α,β-unsaturated/α-hetero) is 1. The quantitative estimate of drug-likeness (QED) is 0.481. The second-order valence-electron chi connectivity index (χ2n) is 7.54. The Labute approximate surface area is 182 Å². The van der Waals surface area contributed by atoms with Gasteiger partial charge < -0.3 is 10.1 Å². The van der Waals surface area contributed by atoms with Gasteiger partial charge in [-0.3, -0.25) is 9.59 Å². The van der Waals surface area contributed by atoms with Crippen LogP contribution in [-0.4, -0.2) is 28.1 Å². The lowest BCUT2D eigenvalue weighted by Crippen LogP contribution is -2.37. The molecule has 166 valence electrons. The summed E-state index contributed by atoms with van der Waals surface area (Å²) in [5.41, 5.74) is 0.722. The van der Waals surface area contributed by atoms with Gasteiger partial charge in [-0.25, -0.2) is 4.68 Å². The van der Waals surface area contributed by atoms with Crippen LogP contribution >= 0.6 is 0 Å². The summed E-state index contributed by atoms with van der Waals surface area (Å²) >= 11 is 0. The van der Waals surface area contributed by atoms with Crippen LogP contribution in [0.15, 0.2) is 48.5 Å². The molecule has 32 heavy (non-hydrogen) atoms. The maximum Gasteiger partial charge on any atom is 0.416 e. The predicted octanol–water partition coefficient (Wildman–Crippen LogP) is 4.33. The van der Waals surface area contributed by atoms with Crippen molar-refractivity contribution in [3.05, 3.63) is 76.6 Å². The number of nitrogens with one attached hydrogen (secondary N) is 1. The number of benzene rings is 2. The third-order valence-electron chi connectivity index (χ3n) is 5.41. The highest BCUT2D eigenvalue weighted by molar-refractivity contribution is 6.43. The zero-order valence-electron chi connectivity index (χ0n) is 17.4. The van der Waals surface area contributed by atoms with Crippen molar-refractivity contribution >= 4 is 11.7 Å². The second kappa shape index (κ2) is 8.14. The van der Waals surface area contributed by atoms with Crippen LogP contribution in [0.3, 0.4) is 0 Å². The smallest absolute Gasteiger partial charge is 0.416 e. The number of carbonyl (C=O) groups is 2. The second-order valence-corrected chi connectivity index (χ2v) is 7.54. The average Bonchev–Trinajstić information content (AvgIpc) is 3.07. The van der Waals surface area contributed by atoms with Crippen molar-refractivity contribution in [2.45, 2.75) is 32.5 Å². The number of para-hydroxylation sites is 1. The average molecular weight is 443 g/mol. The highest BCUT2D eigenvalue weighted by atomic mass is 19.4. The molecular formula is C23H20F3N3O3. The van der Waals surface area contributed by atoms with Gasteiger partial charge in [-0.15, -0.1) is 0 Å². The Hall–Kier alpha value is -3.62. The standard InChI is InChI=1S/C23H20F3N3O3/c1-13-20(14(2)29(28-13)16-7-5-6-15(12-16)23(24,25)26)21(30)22(31)27-18-10-11-32-19-9-4-3-8-17(18)19/h3-9,12,18H,10-11H2,1-2H3,(H,27,31). The third-order valence-corrected chi connectivity index (χ3v) is 5.41. The number of rotatable bonds is 4. The molecule has 1 aliphatic rings. The molecule has 0 saturated carbocycles. The minimum Gasteiger partial charge on any atom is -0.493 e. The number of amides is 1. The van der Waals surface area contributed by atoms with Crippen LogP contribution in [-0.2, 0) is 11.0 Å². The number of aromatic nitrogens is 2. The van der Waals surface area contributed by atoms with Crippen molar-refractivity contribution in [1.82, 2.24) is 15.1 Å². The van der Waals surface area contributed by atoms with E-state index in [0.717, 1.165) is 17.7 Å². The number of alkyl halides is 3. The summed E-state index contributed by atoms with van der Waals surface area (Å²) in [5, 5.41) is 6.97. The fourth-order valence-corrected chi connectivity index (χ4v) is 3.87. The summed E-state index contributed by atoms with van der Waals surface area (Å²) in [6.07, 6.45) is -4.00. The van der Waals surface area contributed by atoms with Gasteiger partial charge in [-0.1, -0.05) is 24.3 Å². The van der Waals surface area contributed by atoms with E-state index in [1.54, 1.807) is 19.9 Å². The summed E-state index contributed by atoms with van der Waals surface area (Å²) in [6, 6.07) is 11.5. The first kappa shape index (κ1) is 21.6. The van der Waals surface area contributed by atoms with Gasteiger partial charge in [0, 0.05) is 12.0 Å².